The van der Waals surface area contributed by atoms with Gasteiger partial charge in [0.25, 0.3) is 10.9 Å². The predicted octanol–water partition coefficient (Wildman–Crippen LogP) is 2.00. The third kappa shape index (κ3) is 3.81. The number of hydrogen-bond acceptors (Lipinski definition) is 6. The van der Waals surface area contributed by atoms with Crippen LogP contribution >= 0.6 is 0 Å². The lowest BCUT2D eigenvalue weighted by molar-refractivity contribution is 0.312. The lowest BCUT2D eigenvalue weighted by Crippen LogP contribution is -2.39. The Morgan fingerprint density at radius 1 is 0.923 bits per heavy atom. The second-order valence-corrected chi connectivity index (χ2v) is 6.35. The molecule has 134 valence electrons. The maximum absolute atomic E-state index is 12.0. The van der Waals surface area contributed by atoms with Gasteiger partial charge in [-0.1, -0.05) is 36.4 Å². The molecule has 0 spiro atoms. The summed E-state index contributed by atoms with van der Waals surface area (Å²) in [5.74, 6) is 0. The van der Waals surface area contributed by atoms with Crippen LogP contribution < -0.4 is 21.5 Å². The Bertz CT molecular complexity index is 916. The van der Waals surface area contributed by atoms with Gasteiger partial charge >= 0.3 is 0 Å². The molecule has 2 aromatic carbocycles. The number of hydrogen-bond donors (Lipinski definition) is 2. The lowest BCUT2D eigenvalue weighted by atomic mass is 10.1. The Morgan fingerprint density at radius 2 is 1.58 bits per heavy atom. The van der Waals surface area contributed by atoms with E-state index in [1.54, 1.807) is 6.20 Å². The van der Waals surface area contributed by atoms with Crippen molar-refractivity contribution in [2.75, 3.05) is 31.3 Å². The van der Waals surface area contributed by atoms with Crippen molar-refractivity contribution in [2.24, 2.45) is 0 Å². The molecule has 6 heteroatoms. The van der Waals surface area contributed by atoms with Crippen molar-refractivity contribution in [1.29, 1.82) is 0 Å². The fraction of sp³-hybridized carbons (Fsp3) is 0.250. The molecule has 1 heterocycles. The molecule has 0 fully saturated rings. The highest BCUT2D eigenvalue weighted by atomic mass is 16.2. The molecule has 3 rings (SSSR count). The highest BCUT2D eigenvalue weighted by Gasteiger charge is 2.22. The molecule has 26 heavy (non-hydrogen) atoms. The van der Waals surface area contributed by atoms with E-state index in [1.165, 1.54) is 0 Å². The summed E-state index contributed by atoms with van der Waals surface area (Å²) < 4.78 is 0. The van der Waals surface area contributed by atoms with Crippen LogP contribution in [0.15, 0.2) is 64.3 Å². The summed E-state index contributed by atoms with van der Waals surface area (Å²) in [7, 11) is 3.98. The van der Waals surface area contributed by atoms with E-state index in [0.29, 0.717) is 24.5 Å². The minimum Gasteiger partial charge on any atom is -0.378 e. The quantitative estimate of drug-likeness (QED) is 0.606. The standard InChI is InChI=1S/C20H22N4O2/c1-24(2)16(14-8-4-3-5-9-14)13-23-18-17(19(25)20(18)26)22-12-15-10-6-7-11-21-15/h3-11,16,22-23H,12-13H2,1-2H3. The van der Waals surface area contributed by atoms with E-state index in [1.807, 2.05) is 50.5 Å². The Labute approximate surface area is 152 Å². The molecule has 1 unspecified atom stereocenters. The van der Waals surface area contributed by atoms with E-state index in [0.717, 1.165) is 11.3 Å². The third-order valence-electron chi connectivity index (χ3n) is 4.36. The third-order valence-corrected chi connectivity index (χ3v) is 4.36. The summed E-state index contributed by atoms with van der Waals surface area (Å²) in [5.41, 5.74) is 1.69. The van der Waals surface area contributed by atoms with Crippen LogP contribution in [-0.2, 0) is 6.54 Å². The van der Waals surface area contributed by atoms with Crippen LogP contribution in [0.25, 0.3) is 0 Å². The Balaban J connectivity index is 1.69. The van der Waals surface area contributed by atoms with Crippen molar-refractivity contribution < 1.29 is 0 Å². The van der Waals surface area contributed by atoms with Gasteiger partial charge in [0.05, 0.1) is 18.3 Å². The van der Waals surface area contributed by atoms with E-state index in [9.17, 15) is 9.59 Å². The zero-order chi connectivity index (χ0) is 18.5. The minimum atomic E-state index is -0.482. The van der Waals surface area contributed by atoms with Crippen molar-refractivity contribution in [3.05, 3.63) is 86.4 Å². The number of nitrogens with one attached hydrogen (secondary N) is 2. The number of aromatic nitrogens is 1. The number of nitrogens with zero attached hydrogens (tertiary/aromatic N) is 2. The first kappa shape index (κ1) is 17.8. The van der Waals surface area contributed by atoms with Gasteiger partial charge in [-0.2, -0.15) is 0 Å². The SMILES string of the molecule is CN(C)C(CNc1c(NCc2ccccn2)c(=O)c1=O)c1ccccc1. The average Bonchev–Trinajstić information content (AvgIpc) is 2.67. The van der Waals surface area contributed by atoms with Crippen LogP contribution in [0.4, 0.5) is 11.4 Å². The summed E-state index contributed by atoms with van der Waals surface area (Å²) in [6.07, 6.45) is 1.69. The first-order valence-electron chi connectivity index (χ1n) is 8.50. The highest BCUT2D eigenvalue weighted by Crippen LogP contribution is 2.21. The highest BCUT2D eigenvalue weighted by molar-refractivity contribution is 5.74. The maximum Gasteiger partial charge on any atom is 0.253 e. The topological polar surface area (TPSA) is 74.3 Å². The van der Waals surface area contributed by atoms with E-state index in [4.69, 9.17) is 0 Å². The van der Waals surface area contributed by atoms with E-state index in [-0.39, 0.29) is 6.04 Å². The molecule has 0 aliphatic carbocycles. The van der Waals surface area contributed by atoms with Crippen LogP contribution in [0, 0.1) is 0 Å². The van der Waals surface area contributed by atoms with Gasteiger partial charge in [0.15, 0.2) is 0 Å². The van der Waals surface area contributed by atoms with Gasteiger partial charge in [-0.25, -0.2) is 0 Å². The molecule has 3 aromatic rings. The first-order chi connectivity index (χ1) is 12.6. The second kappa shape index (κ2) is 7.93. The summed E-state index contributed by atoms with van der Waals surface area (Å²) in [5, 5.41) is 6.18. The van der Waals surface area contributed by atoms with Crippen LogP contribution in [0.2, 0.25) is 0 Å². The van der Waals surface area contributed by atoms with Crippen molar-refractivity contribution in [2.45, 2.75) is 12.6 Å². The zero-order valence-electron chi connectivity index (χ0n) is 14.9. The van der Waals surface area contributed by atoms with Gasteiger partial charge in [0.1, 0.15) is 11.4 Å². The van der Waals surface area contributed by atoms with Crippen molar-refractivity contribution in [1.82, 2.24) is 9.88 Å². The molecule has 1 aromatic heterocycles. The summed E-state index contributed by atoms with van der Waals surface area (Å²) >= 11 is 0. The monoisotopic (exact) mass is 350 g/mol. The molecular weight excluding hydrogens is 328 g/mol. The molecular formula is C20H22N4O2. The van der Waals surface area contributed by atoms with Crippen LogP contribution in [0.5, 0.6) is 0 Å². The number of pyridine rings is 1. The molecule has 2 N–H and O–H groups in total. The Morgan fingerprint density at radius 3 is 2.19 bits per heavy atom. The molecule has 0 amide bonds. The smallest absolute Gasteiger partial charge is 0.253 e. The molecule has 0 saturated heterocycles. The maximum atomic E-state index is 12.0. The Hall–Kier alpha value is -2.99. The second-order valence-electron chi connectivity index (χ2n) is 6.35. The zero-order valence-corrected chi connectivity index (χ0v) is 14.9. The molecule has 0 bridgehead atoms. The van der Waals surface area contributed by atoms with Crippen molar-refractivity contribution >= 4 is 11.4 Å². The van der Waals surface area contributed by atoms with Crippen LogP contribution in [0.3, 0.4) is 0 Å². The number of likely N-dealkylation sites (N-methyl/N-ethyl adjacent to an activating group) is 1. The predicted molar refractivity (Wildman–Crippen MR) is 104 cm³/mol. The van der Waals surface area contributed by atoms with E-state index >= 15 is 0 Å². The molecule has 6 nitrogen and oxygen atoms in total. The fourth-order valence-electron chi connectivity index (χ4n) is 2.88. The normalized spacial score (nSPS) is 12.3. The Kier molecular flexibility index (Phi) is 5.43. The van der Waals surface area contributed by atoms with E-state index in [2.05, 4.69) is 32.7 Å². The van der Waals surface area contributed by atoms with Crippen molar-refractivity contribution in [3.63, 3.8) is 0 Å². The van der Waals surface area contributed by atoms with Gasteiger partial charge in [-0.05, 0) is 31.8 Å². The summed E-state index contributed by atoms with van der Waals surface area (Å²) in [4.78, 5) is 30.1. The number of benzene rings is 1. The lowest BCUT2D eigenvalue weighted by Gasteiger charge is -2.26. The molecule has 0 aliphatic heterocycles. The summed E-state index contributed by atoms with van der Waals surface area (Å²) in [6.45, 7) is 0.927. The number of anilines is 2. The average molecular weight is 350 g/mol. The largest absolute Gasteiger partial charge is 0.378 e. The molecule has 0 aliphatic rings. The van der Waals surface area contributed by atoms with Gasteiger partial charge in [0, 0.05) is 12.7 Å². The summed E-state index contributed by atoms with van der Waals surface area (Å²) in [6, 6.07) is 15.7. The van der Waals surface area contributed by atoms with E-state index < -0.39 is 10.9 Å². The first-order valence-corrected chi connectivity index (χ1v) is 8.50. The van der Waals surface area contributed by atoms with Gasteiger partial charge < -0.3 is 15.5 Å². The molecule has 0 radical (unpaired) electrons. The molecule has 0 saturated carbocycles. The van der Waals surface area contributed by atoms with Gasteiger partial charge in [-0.15, -0.1) is 0 Å². The fourth-order valence-corrected chi connectivity index (χ4v) is 2.88. The van der Waals surface area contributed by atoms with Gasteiger partial charge in [-0.3, -0.25) is 14.6 Å². The van der Waals surface area contributed by atoms with Crippen LogP contribution in [0.1, 0.15) is 17.3 Å². The minimum absolute atomic E-state index is 0.0873. The van der Waals surface area contributed by atoms with Gasteiger partial charge in [0.2, 0.25) is 0 Å². The van der Waals surface area contributed by atoms with Crippen molar-refractivity contribution in [3.8, 4) is 0 Å². The van der Waals surface area contributed by atoms with Crippen LogP contribution in [-0.4, -0.2) is 30.5 Å². The number of rotatable bonds is 8. The molecule has 1 atom stereocenters.